The van der Waals surface area contributed by atoms with E-state index in [9.17, 15) is 4.79 Å². The van der Waals surface area contributed by atoms with Gasteiger partial charge in [-0.25, -0.2) is 0 Å². The maximum absolute atomic E-state index is 11.4. The van der Waals surface area contributed by atoms with Gasteiger partial charge in [-0.2, -0.15) is 0 Å². The summed E-state index contributed by atoms with van der Waals surface area (Å²) in [5.41, 5.74) is 8.60. The highest BCUT2D eigenvalue weighted by atomic mass is 16.5. The van der Waals surface area contributed by atoms with Crippen molar-refractivity contribution >= 4 is 5.97 Å². The number of hydrogen-bond donors (Lipinski definition) is 1. The van der Waals surface area contributed by atoms with E-state index in [2.05, 4.69) is 29.0 Å². The minimum atomic E-state index is -0.504. The molecule has 0 spiro atoms. The van der Waals surface area contributed by atoms with Crippen molar-refractivity contribution in [1.82, 2.24) is 0 Å². The topological polar surface area (TPSA) is 52.3 Å². The molecule has 0 saturated heterocycles. The molecule has 1 aromatic rings. The Bertz CT molecular complexity index is 403. The van der Waals surface area contributed by atoms with Gasteiger partial charge < -0.3 is 10.5 Å². The summed E-state index contributed by atoms with van der Waals surface area (Å²) in [4.78, 5) is 11.4. The first-order valence-electron chi connectivity index (χ1n) is 6.13. The Kier molecular flexibility index (Phi) is 3.79. The van der Waals surface area contributed by atoms with Gasteiger partial charge in [0, 0.05) is 0 Å². The van der Waals surface area contributed by atoms with Crippen molar-refractivity contribution in [1.29, 1.82) is 0 Å². The smallest absolute Gasteiger partial charge is 0.322 e. The largest absolute Gasteiger partial charge is 0.468 e. The number of fused-ring (bicyclic) bond motifs is 1. The third kappa shape index (κ3) is 2.67. The normalized spacial score (nSPS) is 20.5. The first-order chi connectivity index (χ1) is 8.22. The summed E-state index contributed by atoms with van der Waals surface area (Å²) in [5, 5.41) is 0. The Morgan fingerprint density at radius 3 is 3.06 bits per heavy atom. The highest BCUT2D eigenvalue weighted by molar-refractivity contribution is 5.75. The van der Waals surface area contributed by atoms with E-state index in [1.165, 1.54) is 24.7 Å². The molecule has 92 valence electrons. The molecule has 2 rings (SSSR count). The van der Waals surface area contributed by atoms with E-state index < -0.39 is 6.04 Å². The van der Waals surface area contributed by atoms with Crippen molar-refractivity contribution < 1.29 is 9.53 Å². The van der Waals surface area contributed by atoms with Crippen molar-refractivity contribution in [2.45, 2.75) is 37.6 Å². The molecule has 0 aromatic heterocycles. The molecule has 2 atom stereocenters. The summed E-state index contributed by atoms with van der Waals surface area (Å²) in [6.45, 7) is 0. The number of esters is 1. The van der Waals surface area contributed by atoms with Gasteiger partial charge in [-0.1, -0.05) is 24.3 Å². The number of ether oxygens (including phenoxy) is 1. The molecule has 3 heteroatoms. The van der Waals surface area contributed by atoms with Crippen LogP contribution in [0.4, 0.5) is 0 Å². The number of hydrogen-bond acceptors (Lipinski definition) is 3. The average molecular weight is 233 g/mol. The molecular formula is C14H19NO2. The summed E-state index contributed by atoms with van der Waals surface area (Å²) in [6, 6.07) is 7.95. The predicted octanol–water partition coefficient (Wildman–Crippen LogP) is 2.00. The van der Waals surface area contributed by atoms with Crippen molar-refractivity contribution in [3.8, 4) is 0 Å². The van der Waals surface area contributed by atoms with Crippen LogP contribution in [0.2, 0.25) is 0 Å². The summed E-state index contributed by atoms with van der Waals surface area (Å²) >= 11 is 0. The first-order valence-corrected chi connectivity index (χ1v) is 6.13. The van der Waals surface area contributed by atoms with Gasteiger partial charge in [0.05, 0.1) is 7.11 Å². The van der Waals surface area contributed by atoms with Crippen LogP contribution in [0.1, 0.15) is 36.3 Å². The number of nitrogens with two attached hydrogens (primary N) is 1. The molecular weight excluding hydrogens is 214 g/mol. The second-order valence-corrected chi connectivity index (χ2v) is 4.65. The van der Waals surface area contributed by atoms with E-state index in [-0.39, 0.29) is 5.97 Å². The van der Waals surface area contributed by atoms with Crippen LogP contribution in [-0.2, 0) is 16.0 Å². The Balaban J connectivity index is 2.11. The minimum absolute atomic E-state index is 0.312. The van der Waals surface area contributed by atoms with E-state index in [1.807, 2.05) is 0 Å². The maximum Gasteiger partial charge on any atom is 0.322 e. The summed E-state index contributed by atoms with van der Waals surface area (Å²) in [5.74, 6) is 0.0853. The monoisotopic (exact) mass is 233 g/mol. The molecule has 0 bridgehead atoms. The van der Waals surface area contributed by atoms with E-state index >= 15 is 0 Å². The summed E-state index contributed by atoms with van der Waals surface area (Å²) in [6.07, 6.45) is 4.11. The third-order valence-electron chi connectivity index (χ3n) is 3.54. The minimum Gasteiger partial charge on any atom is -0.468 e. The van der Waals surface area contributed by atoms with Crippen LogP contribution in [0.15, 0.2) is 24.3 Å². The fraction of sp³-hybridized carbons (Fsp3) is 0.500. The van der Waals surface area contributed by atoms with Crippen molar-refractivity contribution in [2.24, 2.45) is 5.73 Å². The molecule has 2 unspecified atom stereocenters. The summed E-state index contributed by atoms with van der Waals surface area (Å²) < 4.78 is 4.68. The van der Waals surface area contributed by atoms with Crippen LogP contribution in [0, 0.1) is 0 Å². The fourth-order valence-electron chi connectivity index (χ4n) is 2.65. The molecule has 0 radical (unpaired) electrons. The van der Waals surface area contributed by atoms with E-state index in [1.54, 1.807) is 0 Å². The molecule has 3 nitrogen and oxygen atoms in total. The molecule has 0 heterocycles. The van der Waals surface area contributed by atoms with E-state index in [0.717, 1.165) is 12.8 Å². The standard InChI is InChI=1S/C14H19NO2/c1-17-14(16)13(15)9-11-7-4-6-10-5-2-3-8-12(10)11/h2-3,5,8,11,13H,4,6-7,9,15H2,1H3. The van der Waals surface area contributed by atoms with Crippen LogP contribution in [-0.4, -0.2) is 19.1 Å². The first kappa shape index (κ1) is 12.1. The van der Waals surface area contributed by atoms with Crippen LogP contribution >= 0.6 is 0 Å². The molecule has 1 aromatic carbocycles. The number of carbonyl (C=O) groups is 1. The Morgan fingerprint density at radius 2 is 2.29 bits per heavy atom. The van der Waals surface area contributed by atoms with Crippen molar-refractivity contribution in [2.75, 3.05) is 7.11 Å². The number of carbonyl (C=O) groups excluding carboxylic acids is 1. The fourth-order valence-corrected chi connectivity index (χ4v) is 2.65. The van der Waals surface area contributed by atoms with Gasteiger partial charge in [0.25, 0.3) is 0 Å². The zero-order chi connectivity index (χ0) is 12.3. The molecule has 1 aliphatic rings. The van der Waals surface area contributed by atoms with E-state index in [0.29, 0.717) is 12.3 Å². The van der Waals surface area contributed by atoms with Gasteiger partial charge in [-0.15, -0.1) is 0 Å². The lowest BCUT2D eigenvalue weighted by Gasteiger charge is -2.26. The van der Waals surface area contributed by atoms with Crippen molar-refractivity contribution in [3.05, 3.63) is 35.4 Å². The zero-order valence-corrected chi connectivity index (χ0v) is 10.2. The SMILES string of the molecule is COC(=O)C(N)CC1CCCc2ccccc21. The average Bonchev–Trinajstić information content (AvgIpc) is 2.38. The highest BCUT2D eigenvalue weighted by Gasteiger charge is 2.25. The molecule has 1 aliphatic carbocycles. The van der Waals surface area contributed by atoms with Crippen LogP contribution < -0.4 is 5.73 Å². The van der Waals surface area contributed by atoms with Gasteiger partial charge in [-0.3, -0.25) is 4.79 Å². The highest BCUT2D eigenvalue weighted by Crippen LogP contribution is 2.34. The van der Waals surface area contributed by atoms with E-state index in [4.69, 9.17) is 5.73 Å². The van der Waals surface area contributed by atoms with Gasteiger partial charge in [-0.05, 0) is 42.7 Å². The Hall–Kier alpha value is -1.35. The number of aryl methyl sites for hydroxylation is 1. The quantitative estimate of drug-likeness (QED) is 0.812. The second kappa shape index (κ2) is 5.32. The summed E-state index contributed by atoms with van der Waals surface area (Å²) in [7, 11) is 1.39. The zero-order valence-electron chi connectivity index (χ0n) is 10.2. The lowest BCUT2D eigenvalue weighted by Crippen LogP contribution is -2.33. The van der Waals surface area contributed by atoms with Gasteiger partial charge >= 0.3 is 5.97 Å². The lowest BCUT2D eigenvalue weighted by atomic mass is 9.80. The van der Waals surface area contributed by atoms with Crippen molar-refractivity contribution in [3.63, 3.8) is 0 Å². The lowest BCUT2D eigenvalue weighted by molar-refractivity contribution is -0.142. The van der Waals surface area contributed by atoms with Gasteiger partial charge in [0.2, 0.25) is 0 Å². The number of rotatable bonds is 3. The molecule has 0 saturated carbocycles. The Morgan fingerprint density at radius 1 is 1.53 bits per heavy atom. The van der Waals surface area contributed by atoms with Gasteiger partial charge in [0.15, 0.2) is 0 Å². The van der Waals surface area contributed by atoms with Crippen LogP contribution in [0.3, 0.4) is 0 Å². The van der Waals surface area contributed by atoms with Gasteiger partial charge in [0.1, 0.15) is 6.04 Å². The second-order valence-electron chi connectivity index (χ2n) is 4.65. The van der Waals surface area contributed by atoms with Crippen LogP contribution in [0.25, 0.3) is 0 Å². The third-order valence-corrected chi connectivity index (χ3v) is 3.54. The maximum atomic E-state index is 11.4. The number of benzene rings is 1. The predicted molar refractivity (Wildman–Crippen MR) is 66.7 cm³/mol. The number of methoxy groups -OCH3 is 1. The molecule has 17 heavy (non-hydrogen) atoms. The molecule has 0 fully saturated rings. The van der Waals surface area contributed by atoms with Crippen LogP contribution in [0.5, 0.6) is 0 Å². The molecule has 0 aliphatic heterocycles. The molecule has 0 amide bonds. The molecule has 2 N–H and O–H groups in total. The Labute approximate surface area is 102 Å².